The molecule has 0 saturated heterocycles. The van der Waals surface area contributed by atoms with Crippen LogP contribution in [0.25, 0.3) is 11.1 Å². The number of halogens is 1. The van der Waals surface area contributed by atoms with Crippen LogP contribution in [0.4, 0.5) is 0 Å². The lowest BCUT2D eigenvalue weighted by Crippen LogP contribution is -2.44. The van der Waals surface area contributed by atoms with E-state index in [2.05, 4.69) is 33.4 Å². The van der Waals surface area contributed by atoms with E-state index in [1.54, 1.807) is 32.0 Å². The van der Waals surface area contributed by atoms with Crippen molar-refractivity contribution < 1.29 is 17.9 Å². The molecule has 0 fully saturated rings. The van der Waals surface area contributed by atoms with Crippen molar-refractivity contribution in [2.24, 2.45) is 5.92 Å². The van der Waals surface area contributed by atoms with E-state index in [9.17, 15) is 13.2 Å². The van der Waals surface area contributed by atoms with Crippen molar-refractivity contribution in [1.29, 1.82) is 0 Å². The van der Waals surface area contributed by atoms with E-state index < -0.39 is 22.0 Å². The van der Waals surface area contributed by atoms with Gasteiger partial charge in [-0.15, -0.1) is 0 Å². The molecule has 5 nitrogen and oxygen atoms in total. The Kier molecular flexibility index (Phi) is 5.46. The number of rotatable bonds is 5. The standard InChI is InChI=1S/C18H18BINO4S/c1-10(2)17(18(22)25-3)21-26(23,24)12-5-7-15-14(9-12)13-6-4-11(20)8-16(13)19-15/h4-10,17,21H,1-3H3/t17-/m1/s1. The number of hydrogen-bond donors (Lipinski definition) is 1. The Hall–Kier alpha value is -1.39. The number of sulfonamides is 1. The molecule has 1 N–H and O–H groups in total. The summed E-state index contributed by atoms with van der Waals surface area (Å²) in [6.07, 6.45) is 0. The predicted molar refractivity (Wildman–Crippen MR) is 111 cm³/mol. The number of fused-ring (bicyclic) bond motifs is 3. The van der Waals surface area contributed by atoms with Crippen LogP contribution in [0.1, 0.15) is 13.8 Å². The van der Waals surface area contributed by atoms with Gasteiger partial charge < -0.3 is 4.74 Å². The number of methoxy groups -OCH3 is 1. The predicted octanol–water partition coefficient (Wildman–Crippen LogP) is 1.40. The van der Waals surface area contributed by atoms with E-state index in [4.69, 9.17) is 4.74 Å². The van der Waals surface area contributed by atoms with Crippen LogP contribution in [-0.4, -0.2) is 34.8 Å². The molecule has 1 heterocycles. The van der Waals surface area contributed by atoms with E-state index in [1.165, 1.54) is 7.11 Å². The molecule has 0 saturated carbocycles. The third-order valence-electron chi connectivity index (χ3n) is 4.35. The number of nitrogens with one attached hydrogen (secondary N) is 1. The van der Waals surface area contributed by atoms with E-state index in [0.717, 1.165) is 25.6 Å². The normalized spacial score (nSPS) is 13.7. The van der Waals surface area contributed by atoms with Gasteiger partial charge in [0.05, 0.1) is 12.0 Å². The lowest BCUT2D eigenvalue weighted by molar-refractivity contribution is -0.143. The average Bonchev–Trinajstić information content (AvgIpc) is 2.95. The Labute approximate surface area is 168 Å². The molecule has 2 aromatic carbocycles. The van der Waals surface area contributed by atoms with E-state index in [1.807, 2.05) is 19.4 Å². The highest BCUT2D eigenvalue weighted by atomic mass is 127. The van der Waals surface area contributed by atoms with Crippen molar-refractivity contribution in [3.63, 3.8) is 0 Å². The van der Waals surface area contributed by atoms with Gasteiger partial charge in [0.1, 0.15) is 6.04 Å². The molecule has 0 unspecified atom stereocenters. The van der Waals surface area contributed by atoms with Crippen LogP contribution >= 0.6 is 22.6 Å². The molecule has 0 spiro atoms. The molecule has 8 heteroatoms. The fraction of sp³-hybridized carbons (Fsp3) is 0.278. The summed E-state index contributed by atoms with van der Waals surface area (Å²) in [6.45, 7) is 3.53. The molecule has 1 atom stereocenters. The van der Waals surface area contributed by atoms with Crippen molar-refractivity contribution in [2.75, 3.05) is 7.11 Å². The third kappa shape index (κ3) is 3.68. The first kappa shape index (κ1) is 19.4. The Morgan fingerprint density at radius 1 is 1.12 bits per heavy atom. The summed E-state index contributed by atoms with van der Waals surface area (Å²) in [4.78, 5) is 12.0. The fourth-order valence-electron chi connectivity index (χ4n) is 2.95. The van der Waals surface area contributed by atoms with Gasteiger partial charge in [-0.3, -0.25) is 4.79 Å². The zero-order valence-corrected chi connectivity index (χ0v) is 17.6. The van der Waals surface area contributed by atoms with Gasteiger partial charge in [-0.1, -0.05) is 43.0 Å². The van der Waals surface area contributed by atoms with Crippen LogP contribution < -0.4 is 15.6 Å². The summed E-state index contributed by atoms with van der Waals surface area (Å²) in [5.74, 6) is -0.833. The Morgan fingerprint density at radius 2 is 1.85 bits per heavy atom. The minimum Gasteiger partial charge on any atom is -0.468 e. The molecule has 1 radical (unpaired) electrons. The lowest BCUT2D eigenvalue weighted by Gasteiger charge is -2.20. The first-order valence-electron chi connectivity index (χ1n) is 8.12. The smallest absolute Gasteiger partial charge is 0.324 e. The van der Waals surface area contributed by atoms with Gasteiger partial charge in [0.15, 0.2) is 7.28 Å². The second-order valence-corrected chi connectivity index (χ2v) is 9.45. The Bertz CT molecular complexity index is 975. The molecule has 0 bridgehead atoms. The Balaban J connectivity index is 1.97. The first-order chi connectivity index (χ1) is 12.2. The molecule has 3 rings (SSSR count). The first-order valence-corrected chi connectivity index (χ1v) is 10.7. The average molecular weight is 482 g/mol. The van der Waals surface area contributed by atoms with Crippen molar-refractivity contribution in [1.82, 2.24) is 4.72 Å². The van der Waals surface area contributed by atoms with Crippen LogP contribution in [0.15, 0.2) is 41.3 Å². The maximum atomic E-state index is 12.8. The highest BCUT2D eigenvalue weighted by Gasteiger charge is 2.30. The van der Waals surface area contributed by atoms with E-state index >= 15 is 0 Å². The number of esters is 1. The highest BCUT2D eigenvalue weighted by Crippen LogP contribution is 2.24. The minimum atomic E-state index is -3.86. The largest absolute Gasteiger partial charge is 0.468 e. The van der Waals surface area contributed by atoms with Gasteiger partial charge in [-0.2, -0.15) is 4.72 Å². The number of hydrogen-bond acceptors (Lipinski definition) is 4. The maximum Gasteiger partial charge on any atom is 0.324 e. The van der Waals surface area contributed by atoms with Gasteiger partial charge in [-0.25, -0.2) is 8.42 Å². The van der Waals surface area contributed by atoms with Crippen molar-refractivity contribution in [2.45, 2.75) is 24.8 Å². The summed E-state index contributed by atoms with van der Waals surface area (Å²) in [6, 6.07) is 10.1. The molecule has 1 aliphatic rings. The Morgan fingerprint density at radius 3 is 2.50 bits per heavy atom. The number of benzene rings is 2. The van der Waals surface area contributed by atoms with Crippen molar-refractivity contribution in [3.05, 3.63) is 40.0 Å². The number of ether oxygens (including phenoxy) is 1. The molecule has 26 heavy (non-hydrogen) atoms. The van der Waals surface area contributed by atoms with Gasteiger partial charge in [0.2, 0.25) is 10.0 Å². The monoisotopic (exact) mass is 482 g/mol. The van der Waals surface area contributed by atoms with E-state index in [-0.39, 0.29) is 10.8 Å². The molecular formula is C18H18BINO4S. The summed E-state index contributed by atoms with van der Waals surface area (Å²) >= 11 is 2.25. The van der Waals surface area contributed by atoms with Gasteiger partial charge in [0, 0.05) is 3.57 Å². The topological polar surface area (TPSA) is 72.5 Å². The zero-order valence-electron chi connectivity index (χ0n) is 14.6. The van der Waals surface area contributed by atoms with Crippen LogP contribution in [0.5, 0.6) is 0 Å². The molecule has 0 amide bonds. The molecule has 135 valence electrons. The SMILES string of the molecule is COC(=O)[C@H](NS(=O)(=O)c1ccc2c(c1)-c1ccc(I)cc1[B]2)C(C)C. The molecular weight excluding hydrogens is 464 g/mol. The second-order valence-electron chi connectivity index (χ2n) is 6.49. The zero-order chi connectivity index (χ0) is 19.1. The molecule has 2 aromatic rings. The highest BCUT2D eigenvalue weighted by molar-refractivity contribution is 14.1. The quantitative estimate of drug-likeness (QED) is 0.339. The summed E-state index contributed by atoms with van der Waals surface area (Å²) in [7, 11) is -0.569. The van der Waals surface area contributed by atoms with Crippen molar-refractivity contribution >= 4 is 56.8 Å². The summed E-state index contributed by atoms with van der Waals surface area (Å²) in [5, 5.41) is 0. The van der Waals surface area contributed by atoms with Crippen LogP contribution in [0, 0.1) is 9.49 Å². The summed E-state index contributed by atoms with van der Waals surface area (Å²) < 4.78 is 33.9. The van der Waals surface area contributed by atoms with Gasteiger partial charge in [0.25, 0.3) is 0 Å². The molecule has 0 aromatic heterocycles. The maximum absolute atomic E-state index is 12.8. The second kappa shape index (κ2) is 7.32. The van der Waals surface area contributed by atoms with Crippen LogP contribution in [-0.2, 0) is 19.6 Å². The van der Waals surface area contributed by atoms with Crippen LogP contribution in [0.2, 0.25) is 0 Å². The van der Waals surface area contributed by atoms with E-state index in [0.29, 0.717) is 0 Å². The third-order valence-corrected chi connectivity index (χ3v) is 6.46. The number of carbonyl (C=O) groups is 1. The van der Waals surface area contributed by atoms with Gasteiger partial charge in [-0.05, 0) is 57.8 Å². The van der Waals surface area contributed by atoms with Crippen molar-refractivity contribution in [3.8, 4) is 11.1 Å². The summed E-state index contributed by atoms with van der Waals surface area (Å²) in [5.41, 5.74) is 3.93. The fourth-order valence-corrected chi connectivity index (χ4v) is 4.82. The molecule has 1 aliphatic heterocycles. The minimum absolute atomic E-state index is 0.130. The number of carbonyl (C=O) groups excluding carboxylic acids is 1. The molecule has 0 aliphatic carbocycles. The lowest BCUT2D eigenvalue weighted by atomic mass is 9.68. The van der Waals surface area contributed by atoms with Gasteiger partial charge >= 0.3 is 5.97 Å². The van der Waals surface area contributed by atoms with Crippen LogP contribution in [0.3, 0.4) is 0 Å².